The van der Waals surface area contributed by atoms with Crippen LogP contribution in [0.15, 0.2) is 36.4 Å². The van der Waals surface area contributed by atoms with Gasteiger partial charge < -0.3 is 30.3 Å². The van der Waals surface area contributed by atoms with Gasteiger partial charge in [0.1, 0.15) is 0 Å². The number of rotatable bonds is 20. The number of phenolic OH excluding ortho intramolecular Hbond substituents is 2. The van der Waals surface area contributed by atoms with Crippen molar-refractivity contribution in [3.8, 4) is 34.1 Å². The van der Waals surface area contributed by atoms with Crippen LogP contribution in [-0.2, 0) is 22.7 Å². The molecular weight excluding hydrogens is 556 g/mol. The zero-order valence-electron chi connectivity index (χ0n) is 27.6. The molecule has 2 amide bonds. The number of carbonyl (C=O) groups is 2. The smallest absolute Gasteiger partial charge is 0.220 e. The molecule has 0 saturated carbocycles. The zero-order chi connectivity index (χ0) is 32.5. The van der Waals surface area contributed by atoms with Crippen LogP contribution in [0.2, 0.25) is 0 Å². The Balaban J connectivity index is 2.09. The van der Waals surface area contributed by atoms with E-state index in [1.165, 1.54) is 27.1 Å². The van der Waals surface area contributed by atoms with Crippen molar-refractivity contribution in [3.63, 3.8) is 0 Å². The average Bonchev–Trinajstić information content (AvgIpc) is 2.99. The molecule has 0 heterocycles. The van der Waals surface area contributed by atoms with Crippen molar-refractivity contribution in [2.75, 3.05) is 14.2 Å². The van der Waals surface area contributed by atoms with E-state index >= 15 is 0 Å². The topological polar surface area (TPSA) is 117 Å². The number of methoxy groups -OCH3 is 2. The monoisotopic (exact) mass is 610 g/mol. The Morgan fingerprint density at radius 1 is 0.727 bits per heavy atom. The van der Waals surface area contributed by atoms with Gasteiger partial charge in [0.2, 0.25) is 11.8 Å². The molecule has 0 fully saturated rings. The Morgan fingerprint density at radius 3 is 1.66 bits per heavy atom. The molecular formula is C36H54N2O6. The Bertz CT molecular complexity index is 1220. The van der Waals surface area contributed by atoms with Crippen LogP contribution in [0.4, 0.5) is 0 Å². The first kappa shape index (κ1) is 36.5. The Hall–Kier alpha value is -3.68. The Kier molecular flexibility index (Phi) is 16.2. The molecule has 8 nitrogen and oxygen atoms in total. The molecule has 44 heavy (non-hydrogen) atoms. The van der Waals surface area contributed by atoms with Crippen LogP contribution in [0.3, 0.4) is 0 Å². The molecule has 0 aromatic heterocycles. The summed E-state index contributed by atoms with van der Waals surface area (Å²) in [4.78, 5) is 25.0. The molecule has 0 aliphatic carbocycles. The summed E-state index contributed by atoms with van der Waals surface area (Å²) < 4.78 is 10.8. The molecule has 8 heteroatoms. The van der Waals surface area contributed by atoms with Crippen LogP contribution in [0.1, 0.15) is 103 Å². The van der Waals surface area contributed by atoms with Gasteiger partial charge in [-0.1, -0.05) is 65.5 Å². The number of nitrogens with one attached hydrogen (secondary N) is 2. The van der Waals surface area contributed by atoms with Gasteiger partial charge in [0, 0.05) is 37.1 Å². The first-order valence-electron chi connectivity index (χ1n) is 16.1. The maximum Gasteiger partial charge on any atom is 0.220 e. The van der Waals surface area contributed by atoms with Gasteiger partial charge in [0.25, 0.3) is 0 Å². The average molecular weight is 611 g/mol. The van der Waals surface area contributed by atoms with E-state index in [2.05, 4.69) is 50.5 Å². The van der Waals surface area contributed by atoms with Crippen molar-refractivity contribution in [2.45, 2.75) is 105 Å². The number of phenols is 2. The number of aromatic hydroxyl groups is 2. The van der Waals surface area contributed by atoms with E-state index < -0.39 is 0 Å². The minimum absolute atomic E-state index is 0.0308. The molecule has 0 spiro atoms. The van der Waals surface area contributed by atoms with Crippen molar-refractivity contribution >= 4 is 11.8 Å². The van der Waals surface area contributed by atoms with Crippen LogP contribution in [0.5, 0.6) is 23.0 Å². The molecule has 0 aliphatic heterocycles. The quantitative estimate of drug-likeness (QED) is 0.0898. The van der Waals surface area contributed by atoms with Crippen LogP contribution in [-0.4, -0.2) is 36.2 Å². The first-order chi connectivity index (χ1) is 21.0. The van der Waals surface area contributed by atoms with E-state index in [1.807, 2.05) is 0 Å². The van der Waals surface area contributed by atoms with Crippen molar-refractivity contribution in [1.82, 2.24) is 10.6 Å². The fourth-order valence-electron chi connectivity index (χ4n) is 4.94. The fourth-order valence-corrected chi connectivity index (χ4v) is 4.94. The summed E-state index contributed by atoms with van der Waals surface area (Å²) in [7, 11) is 2.90. The van der Waals surface area contributed by atoms with Gasteiger partial charge in [-0.25, -0.2) is 0 Å². The van der Waals surface area contributed by atoms with Gasteiger partial charge in [-0.2, -0.15) is 0 Å². The van der Waals surface area contributed by atoms with Crippen molar-refractivity contribution in [3.05, 3.63) is 47.5 Å². The Labute approximate surface area is 264 Å². The highest BCUT2D eigenvalue weighted by atomic mass is 16.5. The molecule has 0 radical (unpaired) electrons. The third kappa shape index (κ3) is 12.9. The van der Waals surface area contributed by atoms with Crippen LogP contribution >= 0.6 is 0 Å². The second kappa shape index (κ2) is 19.6. The number of allylic oxidation sites excluding steroid dienone is 2. The highest BCUT2D eigenvalue weighted by molar-refractivity contribution is 5.82. The van der Waals surface area contributed by atoms with Gasteiger partial charge in [-0.15, -0.1) is 0 Å². The highest BCUT2D eigenvalue weighted by Crippen LogP contribution is 2.45. The summed E-state index contributed by atoms with van der Waals surface area (Å²) in [6.45, 7) is 9.21. The summed E-state index contributed by atoms with van der Waals surface area (Å²) in [5, 5.41) is 27.9. The van der Waals surface area contributed by atoms with E-state index in [0.29, 0.717) is 46.9 Å². The molecule has 244 valence electrons. The number of amides is 2. The SMILES string of the molecule is COc1cc(CNC(=O)CCCC/C=C/C(C)C)cc(-c2cc(CNC(=O)CCCCCCC(C)C)cc(OC)c2O)c1O. The number of ether oxygens (including phenoxy) is 2. The molecule has 0 atom stereocenters. The van der Waals surface area contributed by atoms with Crippen molar-refractivity contribution in [1.29, 1.82) is 0 Å². The first-order valence-corrected chi connectivity index (χ1v) is 16.1. The minimum Gasteiger partial charge on any atom is -0.504 e. The summed E-state index contributed by atoms with van der Waals surface area (Å²) in [6, 6.07) is 6.76. The maximum atomic E-state index is 12.5. The molecule has 0 saturated heterocycles. The molecule has 0 aliphatic rings. The zero-order valence-corrected chi connectivity index (χ0v) is 27.6. The van der Waals surface area contributed by atoms with Crippen molar-refractivity contribution < 1.29 is 29.3 Å². The normalized spacial score (nSPS) is 11.4. The molecule has 4 N–H and O–H groups in total. The van der Waals surface area contributed by atoms with Crippen molar-refractivity contribution in [2.24, 2.45) is 11.8 Å². The van der Waals surface area contributed by atoms with Gasteiger partial charge >= 0.3 is 0 Å². The maximum absolute atomic E-state index is 12.5. The minimum atomic E-state index is -0.145. The highest BCUT2D eigenvalue weighted by Gasteiger charge is 2.20. The fraction of sp³-hybridized carbons (Fsp3) is 0.556. The summed E-state index contributed by atoms with van der Waals surface area (Å²) >= 11 is 0. The van der Waals surface area contributed by atoms with Crippen LogP contribution in [0, 0.1) is 11.8 Å². The van der Waals surface area contributed by atoms with E-state index in [1.54, 1.807) is 24.3 Å². The van der Waals surface area contributed by atoms with Gasteiger partial charge in [0.05, 0.1) is 14.2 Å². The lowest BCUT2D eigenvalue weighted by Gasteiger charge is -2.17. The standard InChI is InChI=1S/C36H54N2O6/c1-25(2)15-11-7-9-13-17-33(39)37-23-27-19-29(35(41)31(21-27)43-5)30-20-28(22-32(44-6)36(30)42)24-38-34(40)18-14-10-8-12-16-26(3)4/h11,15,19-22,25-26,41-42H,7-10,12-14,16-18,23-24H2,1-6H3,(H,37,39)(H,38,40)/b15-11+. The van der Waals surface area contributed by atoms with Gasteiger partial charge in [0.15, 0.2) is 23.0 Å². The second-order valence-electron chi connectivity index (χ2n) is 12.2. The van der Waals surface area contributed by atoms with Gasteiger partial charge in [-0.3, -0.25) is 9.59 Å². The molecule has 2 aromatic carbocycles. The summed E-state index contributed by atoms with van der Waals surface area (Å²) in [5.74, 6) is 1.30. The number of hydrogen-bond donors (Lipinski definition) is 4. The van der Waals surface area contributed by atoms with E-state index in [0.717, 1.165) is 38.5 Å². The number of benzene rings is 2. The Morgan fingerprint density at radius 2 is 1.20 bits per heavy atom. The van der Waals surface area contributed by atoms with Gasteiger partial charge in [-0.05, 0) is 72.9 Å². The lowest BCUT2D eigenvalue weighted by Crippen LogP contribution is -2.22. The predicted molar refractivity (Wildman–Crippen MR) is 177 cm³/mol. The van der Waals surface area contributed by atoms with E-state index in [4.69, 9.17) is 9.47 Å². The predicted octanol–water partition coefficient (Wildman–Crippen LogP) is 7.78. The third-order valence-electron chi connectivity index (χ3n) is 7.46. The molecule has 2 rings (SSSR count). The number of carbonyl (C=O) groups excluding carboxylic acids is 2. The number of unbranched alkanes of at least 4 members (excludes halogenated alkanes) is 5. The largest absolute Gasteiger partial charge is 0.504 e. The lowest BCUT2D eigenvalue weighted by atomic mass is 9.97. The number of hydrogen-bond acceptors (Lipinski definition) is 6. The lowest BCUT2D eigenvalue weighted by molar-refractivity contribution is -0.122. The van der Waals surface area contributed by atoms with E-state index in [9.17, 15) is 19.8 Å². The molecule has 2 aromatic rings. The molecule has 0 unspecified atom stereocenters. The van der Waals surface area contributed by atoms with Crippen LogP contribution < -0.4 is 20.1 Å². The van der Waals surface area contributed by atoms with E-state index in [-0.39, 0.29) is 47.9 Å². The second-order valence-corrected chi connectivity index (χ2v) is 12.2. The molecule has 0 bridgehead atoms. The third-order valence-corrected chi connectivity index (χ3v) is 7.46. The van der Waals surface area contributed by atoms with Crippen LogP contribution in [0.25, 0.3) is 11.1 Å². The summed E-state index contributed by atoms with van der Waals surface area (Å²) in [5.41, 5.74) is 2.07. The summed E-state index contributed by atoms with van der Waals surface area (Å²) in [6.07, 6.45) is 13.4.